The van der Waals surface area contributed by atoms with E-state index in [-0.39, 0.29) is 36.4 Å². The van der Waals surface area contributed by atoms with Gasteiger partial charge >= 0.3 is 5.97 Å². The second kappa shape index (κ2) is 9.71. The van der Waals surface area contributed by atoms with E-state index in [4.69, 9.17) is 4.74 Å². The van der Waals surface area contributed by atoms with Crippen LogP contribution < -0.4 is 5.32 Å². The third kappa shape index (κ3) is 6.08. The predicted molar refractivity (Wildman–Crippen MR) is 108 cm³/mol. The third-order valence-electron chi connectivity index (χ3n) is 5.18. The first-order chi connectivity index (χ1) is 13.2. The Kier molecular flexibility index (Phi) is 7.61. The number of amides is 2. The van der Waals surface area contributed by atoms with Gasteiger partial charge in [0.1, 0.15) is 6.54 Å². The highest BCUT2D eigenvalue weighted by Gasteiger charge is 2.26. The smallest absolute Gasteiger partial charge is 0.325 e. The van der Waals surface area contributed by atoms with E-state index in [0.717, 1.165) is 37.8 Å². The average molecular weight is 389 g/mol. The van der Waals surface area contributed by atoms with Crippen molar-refractivity contribution in [1.29, 1.82) is 0 Å². The minimum atomic E-state index is -0.613. The standard InChI is InChI=1S/C22H32N2O4/c1-5-18-8-6-7-13-24(18)19(25)15-28-20(26)14-23-21(27)16-9-11-17(12-10-16)22(2,3)4/h9-12,18H,5-8,13-15H2,1-4H3,(H,23,27). The number of carbonyl (C=O) groups is 3. The van der Waals surface area contributed by atoms with Gasteiger partial charge in [0.25, 0.3) is 11.8 Å². The summed E-state index contributed by atoms with van der Waals surface area (Å²) in [5.41, 5.74) is 1.62. The summed E-state index contributed by atoms with van der Waals surface area (Å²) >= 11 is 0. The Labute approximate surface area is 167 Å². The molecule has 1 aromatic rings. The van der Waals surface area contributed by atoms with Crippen LogP contribution in [-0.2, 0) is 19.7 Å². The molecule has 0 spiro atoms. The van der Waals surface area contributed by atoms with Crippen LogP contribution in [0, 0.1) is 0 Å². The normalized spacial score (nSPS) is 17.1. The molecule has 0 saturated carbocycles. The molecule has 6 nitrogen and oxygen atoms in total. The first-order valence-corrected chi connectivity index (χ1v) is 10.1. The molecular weight excluding hydrogens is 356 g/mol. The maximum atomic E-state index is 12.3. The second-order valence-corrected chi connectivity index (χ2v) is 8.32. The highest BCUT2D eigenvalue weighted by molar-refractivity contribution is 5.96. The molecule has 1 N–H and O–H groups in total. The van der Waals surface area contributed by atoms with E-state index in [0.29, 0.717) is 5.56 Å². The molecule has 0 aliphatic carbocycles. The van der Waals surface area contributed by atoms with Gasteiger partial charge in [-0.25, -0.2) is 0 Å². The lowest BCUT2D eigenvalue weighted by Crippen LogP contribution is -2.45. The van der Waals surface area contributed by atoms with Crippen LogP contribution >= 0.6 is 0 Å². The average Bonchev–Trinajstić information content (AvgIpc) is 2.69. The fraction of sp³-hybridized carbons (Fsp3) is 0.591. The van der Waals surface area contributed by atoms with Crippen LogP contribution in [0.25, 0.3) is 0 Å². The topological polar surface area (TPSA) is 75.7 Å². The Morgan fingerprint density at radius 2 is 1.82 bits per heavy atom. The molecule has 2 amide bonds. The number of benzene rings is 1. The van der Waals surface area contributed by atoms with Gasteiger partial charge in [-0.2, -0.15) is 0 Å². The molecule has 28 heavy (non-hydrogen) atoms. The van der Waals surface area contributed by atoms with Crippen molar-refractivity contribution in [3.05, 3.63) is 35.4 Å². The Balaban J connectivity index is 1.77. The molecule has 1 aliphatic heterocycles. The predicted octanol–water partition coefficient (Wildman–Crippen LogP) is 3.05. The number of likely N-dealkylation sites (tertiary alicyclic amines) is 1. The lowest BCUT2D eigenvalue weighted by Gasteiger charge is -2.35. The Hall–Kier alpha value is -2.37. The minimum Gasteiger partial charge on any atom is -0.454 e. The lowest BCUT2D eigenvalue weighted by atomic mass is 9.87. The van der Waals surface area contributed by atoms with Gasteiger partial charge < -0.3 is 15.0 Å². The van der Waals surface area contributed by atoms with Crippen molar-refractivity contribution in [2.24, 2.45) is 0 Å². The number of piperidine rings is 1. The number of nitrogens with one attached hydrogen (secondary N) is 1. The summed E-state index contributed by atoms with van der Waals surface area (Å²) in [6.07, 6.45) is 4.02. The van der Waals surface area contributed by atoms with E-state index in [1.807, 2.05) is 17.0 Å². The lowest BCUT2D eigenvalue weighted by molar-refractivity contribution is -0.152. The van der Waals surface area contributed by atoms with Crippen molar-refractivity contribution in [1.82, 2.24) is 10.2 Å². The zero-order chi connectivity index (χ0) is 20.7. The van der Waals surface area contributed by atoms with Crippen molar-refractivity contribution in [3.63, 3.8) is 0 Å². The van der Waals surface area contributed by atoms with Crippen molar-refractivity contribution in [3.8, 4) is 0 Å². The number of carbonyl (C=O) groups excluding carboxylic acids is 3. The van der Waals surface area contributed by atoms with E-state index in [9.17, 15) is 14.4 Å². The van der Waals surface area contributed by atoms with Crippen LogP contribution in [0.2, 0.25) is 0 Å². The molecule has 1 aromatic carbocycles. The van der Waals surface area contributed by atoms with Gasteiger partial charge in [0, 0.05) is 18.2 Å². The highest BCUT2D eigenvalue weighted by Crippen LogP contribution is 2.22. The largest absolute Gasteiger partial charge is 0.454 e. The molecule has 1 atom stereocenters. The fourth-order valence-electron chi connectivity index (χ4n) is 3.41. The van der Waals surface area contributed by atoms with E-state index in [1.165, 1.54) is 0 Å². The molecule has 1 fully saturated rings. The van der Waals surface area contributed by atoms with Crippen molar-refractivity contribution in [2.75, 3.05) is 19.7 Å². The van der Waals surface area contributed by atoms with Crippen LogP contribution in [0.5, 0.6) is 0 Å². The van der Waals surface area contributed by atoms with E-state index < -0.39 is 5.97 Å². The molecule has 0 radical (unpaired) electrons. The van der Waals surface area contributed by atoms with Gasteiger partial charge in [-0.05, 0) is 48.8 Å². The fourth-order valence-corrected chi connectivity index (χ4v) is 3.41. The SMILES string of the molecule is CCC1CCCCN1C(=O)COC(=O)CNC(=O)c1ccc(C(C)(C)C)cc1. The van der Waals surface area contributed by atoms with Gasteiger partial charge in [-0.3, -0.25) is 14.4 Å². The van der Waals surface area contributed by atoms with Gasteiger partial charge in [-0.15, -0.1) is 0 Å². The first-order valence-electron chi connectivity index (χ1n) is 10.1. The molecule has 1 aliphatic rings. The van der Waals surface area contributed by atoms with Crippen LogP contribution in [-0.4, -0.2) is 48.4 Å². The van der Waals surface area contributed by atoms with Crippen molar-refractivity contribution >= 4 is 17.8 Å². The number of hydrogen-bond donors (Lipinski definition) is 1. The zero-order valence-corrected chi connectivity index (χ0v) is 17.4. The summed E-state index contributed by atoms with van der Waals surface area (Å²) in [6, 6.07) is 7.54. The van der Waals surface area contributed by atoms with Crippen LogP contribution in [0.1, 0.15) is 69.3 Å². The Bertz CT molecular complexity index is 691. The molecule has 1 heterocycles. The summed E-state index contributed by atoms with van der Waals surface area (Å²) in [7, 11) is 0. The van der Waals surface area contributed by atoms with Crippen LogP contribution in [0.4, 0.5) is 0 Å². The molecule has 1 saturated heterocycles. The van der Waals surface area contributed by atoms with Gasteiger partial charge in [-0.1, -0.05) is 39.8 Å². The molecule has 6 heteroatoms. The quantitative estimate of drug-likeness (QED) is 0.760. The van der Waals surface area contributed by atoms with Crippen molar-refractivity contribution in [2.45, 2.75) is 64.8 Å². The molecule has 2 rings (SSSR count). The number of rotatable bonds is 6. The maximum absolute atomic E-state index is 12.3. The highest BCUT2D eigenvalue weighted by atomic mass is 16.5. The summed E-state index contributed by atoms with van der Waals surface area (Å²) in [6.45, 7) is 8.56. The van der Waals surface area contributed by atoms with E-state index in [2.05, 4.69) is 33.0 Å². The number of esters is 1. The summed E-state index contributed by atoms with van der Waals surface area (Å²) in [5.74, 6) is -1.12. The summed E-state index contributed by atoms with van der Waals surface area (Å²) in [4.78, 5) is 38.2. The van der Waals surface area contributed by atoms with E-state index in [1.54, 1.807) is 12.1 Å². The number of nitrogens with zero attached hydrogens (tertiary/aromatic N) is 1. The van der Waals surface area contributed by atoms with Gasteiger partial charge in [0.15, 0.2) is 6.61 Å². The van der Waals surface area contributed by atoms with E-state index >= 15 is 0 Å². The Morgan fingerprint density at radius 1 is 1.14 bits per heavy atom. The molecular formula is C22H32N2O4. The molecule has 1 unspecified atom stereocenters. The molecule has 0 aromatic heterocycles. The number of ether oxygens (including phenoxy) is 1. The second-order valence-electron chi connectivity index (χ2n) is 8.32. The Morgan fingerprint density at radius 3 is 2.43 bits per heavy atom. The third-order valence-corrected chi connectivity index (χ3v) is 5.18. The summed E-state index contributed by atoms with van der Waals surface area (Å²) in [5, 5.41) is 2.54. The minimum absolute atomic E-state index is 0.0104. The molecule has 0 bridgehead atoms. The van der Waals surface area contributed by atoms with Gasteiger partial charge in [0.05, 0.1) is 0 Å². The van der Waals surface area contributed by atoms with Crippen LogP contribution in [0.15, 0.2) is 24.3 Å². The monoisotopic (exact) mass is 388 g/mol. The number of hydrogen-bond acceptors (Lipinski definition) is 4. The zero-order valence-electron chi connectivity index (χ0n) is 17.4. The van der Waals surface area contributed by atoms with Crippen molar-refractivity contribution < 1.29 is 19.1 Å². The first kappa shape index (κ1) is 21.9. The van der Waals surface area contributed by atoms with Gasteiger partial charge in [0.2, 0.25) is 0 Å². The molecule has 154 valence electrons. The van der Waals surface area contributed by atoms with Crippen LogP contribution in [0.3, 0.4) is 0 Å². The maximum Gasteiger partial charge on any atom is 0.325 e. The summed E-state index contributed by atoms with van der Waals surface area (Å²) < 4.78 is 5.06.